The van der Waals surface area contributed by atoms with E-state index in [2.05, 4.69) is 26.3 Å². The maximum absolute atomic E-state index is 13.6. The number of carbonyl (C=O) groups is 1. The Kier molecular flexibility index (Phi) is 6.16. The summed E-state index contributed by atoms with van der Waals surface area (Å²) in [5.41, 5.74) is 3.49. The molecular formula is C25H26FN5O. The maximum Gasteiger partial charge on any atom is 0.224 e. The van der Waals surface area contributed by atoms with Gasteiger partial charge >= 0.3 is 0 Å². The number of aromatic nitrogens is 3. The number of anilines is 1. The van der Waals surface area contributed by atoms with Crippen LogP contribution in [-0.4, -0.2) is 35.0 Å². The van der Waals surface area contributed by atoms with E-state index in [0.717, 1.165) is 28.0 Å². The molecular weight excluding hydrogens is 405 g/mol. The first-order valence-electron chi connectivity index (χ1n) is 10.5. The summed E-state index contributed by atoms with van der Waals surface area (Å²) in [6, 6.07) is 15.7. The van der Waals surface area contributed by atoms with Crippen LogP contribution >= 0.6 is 0 Å². The average Bonchev–Trinajstić information content (AvgIpc) is 3.16. The molecule has 6 nitrogen and oxygen atoms in total. The van der Waals surface area contributed by atoms with Crippen molar-refractivity contribution in [2.75, 3.05) is 19.0 Å². The van der Waals surface area contributed by atoms with Crippen LogP contribution in [0.4, 0.5) is 10.2 Å². The molecule has 1 atom stereocenters. The average molecular weight is 432 g/mol. The molecule has 0 spiro atoms. The van der Waals surface area contributed by atoms with Gasteiger partial charge in [-0.2, -0.15) is 0 Å². The van der Waals surface area contributed by atoms with Crippen molar-refractivity contribution in [1.29, 1.82) is 0 Å². The number of aryl methyl sites for hydroxylation is 1. The van der Waals surface area contributed by atoms with E-state index in [1.807, 2.05) is 56.4 Å². The fourth-order valence-electron chi connectivity index (χ4n) is 3.81. The van der Waals surface area contributed by atoms with Crippen LogP contribution in [0, 0.1) is 12.7 Å². The molecule has 0 bridgehead atoms. The molecule has 0 aliphatic rings. The molecule has 7 heteroatoms. The Balaban J connectivity index is 1.65. The van der Waals surface area contributed by atoms with Crippen molar-refractivity contribution >= 4 is 22.6 Å². The molecule has 4 aromatic rings. The predicted molar refractivity (Wildman–Crippen MR) is 124 cm³/mol. The van der Waals surface area contributed by atoms with Gasteiger partial charge in [0.15, 0.2) is 0 Å². The van der Waals surface area contributed by atoms with Crippen LogP contribution in [0.5, 0.6) is 0 Å². The number of benzene rings is 2. The Morgan fingerprint density at radius 1 is 1.12 bits per heavy atom. The van der Waals surface area contributed by atoms with Crippen LogP contribution in [0.15, 0.2) is 60.8 Å². The van der Waals surface area contributed by atoms with E-state index in [0.29, 0.717) is 17.8 Å². The molecule has 2 aromatic carbocycles. The molecule has 32 heavy (non-hydrogen) atoms. The second-order valence-electron chi connectivity index (χ2n) is 8.08. The molecule has 0 fully saturated rings. The Hall–Kier alpha value is -3.74. The molecule has 2 aromatic heterocycles. The van der Waals surface area contributed by atoms with E-state index in [1.54, 1.807) is 12.1 Å². The van der Waals surface area contributed by atoms with E-state index in [9.17, 15) is 9.18 Å². The predicted octanol–water partition coefficient (Wildman–Crippen LogP) is 4.11. The smallest absolute Gasteiger partial charge is 0.224 e. The summed E-state index contributed by atoms with van der Waals surface area (Å²) in [6.07, 6.45) is 2.62. The van der Waals surface area contributed by atoms with Crippen molar-refractivity contribution in [2.45, 2.75) is 25.8 Å². The lowest BCUT2D eigenvalue weighted by molar-refractivity contribution is -0.121. The highest BCUT2D eigenvalue weighted by Gasteiger charge is 2.20. The molecule has 164 valence electrons. The minimum Gasteiger partial charge on any atom is -0.363 e. The number of carbonyl (C=O) groups excluding carboxylic acids is 1. The first kappa shape index (κ1) is 21.5. The van der Waals surface area contributed by atoms with Gasteiger partial charge in [-0.3, -0.25) is 4.79 Å². The van der Waals surface area contributed by atoms with Gasteiger partial charge in [0.05, 0.1) is 18.2 Å². The molecule has 1 unspecified atom stereocenters. The van der Waals surface area contributed by atoms with Gasteiger partial charge in [0.2, 0.25) is 5.91 Å². The minimum absolute atomic E-state index is 0.0900. The maximum atomic E-state index is 13.6. The van der Waals surface area contributed by atoms with E-state index in [1.165, 1.54) is 12.1 Å². The Bertz CT molecular complexity index is 1250. The van der Waals surface area contributed by atoms with Crippen LogP contribution in [0.1, 0.15) is 28.7 Å². The molecule has 0 saturated heterocycles. The minimum atomic E-state index is -0.365. The van der Waals surface area contributed by atoms with E-state index in [4.69, 9.17) is 0 Å². The highest BCUT2D eigenvalue weighted by atomic mass is 19.1. The number of rotatable bonds is 7. The van der Waals surface area contributed by atoms with Crippen molar-refractivity contribution in [1.82, 2.24) is 20.3 Å². The standard InChI is InChI=1S/C25H26FN5O/c1-16-28-23(14-24(29-16)31(2)3)22(13-18-15-27-21-10-5-4-9-20(18)21)30-25(32)12-17-7-6-8-19(26)11-17/h4-11,14-15,22,27H,12-13H2,1-3H3,(H,30,32). The quantitative estimate of drug-likeness (QED) is 0.462. The monoisotopic (exact) mass is 431 g/mol. The SMILES string of the molecule is Cc1nc(C(Cc2c[nH]c3ccccc23)NC(=O)Cc2cccc(F)c2)cc(N(C)C)n1. The fraction of sp³-hybridized carbons (Fsp3) is 0.240. The summed E-state index contributed by atoms with van der Waals surface area (Å²) >= 11 is 0. The largest absolute Gasteiger partial charge is 0.363 e. The van der Waals surface area contributed by atoms with Gasteiger partial charge < -0.3 is 15.2 Å². The number of hydrogen-bond donors (Lipinski definition) is 2. The third kappa shape index (κ3) is 4.94. The Morgan fingerprint density at radius 3 is 2.72 bits per heavy atom. The molecule has 2 heterocycles. The topological polar surface area (TPSA) is 73.9 Å². The zero-order valence-electron chi connectivity index (χ0n) is 18.4. The molecule has 0 saturated carbocycles. The van der Waals surface area contributed by atoms with Gasteiger partial charge in [0.25, 0.3) is 0 Å². The molecule has 2 N–H and O–H groups in total. The highest BCUT2D eigenvalue weighted by molar-refractivity contribution is 5.83. The number of fused-ring (bicyclic) bond motifs is 1. The van der Waals surface area contributed by atoms with E-state index >= 15 is 0 Å². The number of para-hydroxylation sites is 1. The number of nitrogens with zero attached hydrogens (tertiary/aromatic N) is 3. The Labute approximate surface area is 186 Å². The molecule has 0 aliphatic carbocycles. The Morgan fingerprint density at radius 2 is 1.94 bits per heavy atom. The first-order chi connectivity index (χ1) is 15.4. The summed E-state index contributed by atoms with van der Waals surface area (Å²) < 4.78 is 13.6. The number of amides is 1. The molecule has 0 aliphatic heterocycles. The number of aromatic amines is 1. The van der Waals surface area contributed by atoms with Crippen LogP contribution in [0.25, 0.3) is 10.9 Å². The summed E-state index contributed by atoms with van der Waals surface area (Å²) in [6.45, 7) is 1.84. The summed E-state index contributed by atoms with van der Waals surface area (Å²) in [5.74, 6) is 0.862. The van der Waals surface area contributed by atoms with Crippen molar-refractivity contribution < 1.29 is 9.18 Å². The third-order valence-electron chi connectivity index (χ3n) is 5.35. The lowest BCUT2D eigenvalue weighted by Gasteiger charge is -2.21. The van der Waals surface area contributed by atoms with Crippen molar-refractivity contribution in [3.63, 3.8) is 0 Å². The lowest BCUT2D eigenvalue weighted by Crippen LogP contribution is -2.32. The number of hydrogen-bond acceptors (Lipinski definition) is 4. The fourth-order valence-corrected chi connectivity index (χ4v) is 3.81. The molecule has 1 amide bonds. The van der Waals surface area contributed by atoms with E-state index in [-0.39, 0.29) is 24.2 Å². The normalized spacial score (nSPS) is 12.0. The highest BCUT2D eigenvalue weighted by Crippen LogP contribution is 2.25. The summed E-state index contributed by atoms with van der Waals surface area (Å²) in [7, 11) is 3.84. The molecule has 0 radical (unpaired) electrons. The van der Waals surface area contributed by atoms with E-state index < -0.39 is 0 Å². The zero-order valence-corrected chi connectivity index (χ0v) is 18.4. The van der Waals surface area contributed by atoms with Gasteiger partial charge in [-0.05, 0) is 36.2 Å². The van der Waals surface area contributed by atoms with Crippen LogP contribution in [0.2, 0.25) is 0 Å². The van der Waals surface area contributed by atoms with Crippen LogP contribution in [0.3, 0.4) is 0 Å². The van der Waals surface area contributed by atoms with Gasteiger partial charge in [0, 0.05) is 43.7 Å². The van der Waals surface area contributed by atoms with Gasteiger partial charge in [-0.1, -0.05) is 30.3 Å². The summed E-state index contributed by atoms with van der Waals surface area (Å²) in [5, 5.41) is 4.22. The molecule has 4 rings (SSSR count). The number of nitrogens with one attached hydrogen (secondary N) is 2. The second-order valence-corrected chi connectivity index (χ2v) is 8.08. The second kappa shape index (κ2) is 9.18. The van der Waals surface area contributed by atoms with Gasteiger partial charge in [0.1, 0.15) is 17.5 Å². The van der Waals surface area contributed by atoms with Crippen molar-refractivity contribution in [2.24, 2.45) is 0 Å². The third-order valence-corrected chi connectivity index (χ3v) is 5.35. The lowest BCUT2D eigenvalue weighted by atomic mass is 10.0. The van der Waals surface area contributed by atoms with Crippen LogP contribution < -0.4 is 10.2 Å². The van der Waals surface area contributed by atoms with Crippen LogP contribution in [-0.2, 0) is 17.6 Å². The van der Waals surface area contributed by atoms with Gasteiger partial charge in [-0.15, -0.1) is 0 Å². The number of H-pyrrole nitrogens is 1. The summed E-state index contributed by atoms with van der Waals surface area (Å²) in [4.78, 5) is 27.2. The van der Waals surface area contributed by atoms with Crippen molar-refractivity contribution in [3.05, 3.63) is 89.3 Å². The zero-order chi connectivity index (χ0) is 22.7. The van der Waals surface area contributed by atoms with Crippen molar-refractivity contribution in [3.8, 4) is 0 Å². The van der Waals surface area contributed by atoms with Gasteiger partial charge in [-0.25, -0.2) is 14.4 Å². The number of halogens is 1. The first-order valence-corrected chi connectivity index (χ1v) is 10.5.